The summed E-state index contributed by atoms with van der Waals surface area (Å²) in [5.41, 5.74) is 5.82. The second-order valence-corrected chi connectivity index (χ2v) is 6.94. The Morgan fingerprint density at radius 3 is 2.41 bits per heavy atom. The van der Waals surface area contributed by atoms with Crippen molar-refractivity contribution < 1.29 is 4.79 Å². The molecule has 4 rings (SSSR count). The summed E-state index contributed by atoms with van der Waals surface area (Å²) in [6, 6.07) is 13.6. The maximum Gasteiger partial charge on any atom is 0.259 e. The van der Waals surface area contributed by atoms with Crippen LogP contribution in [0.15, 0.2) is 48.7 Å². The Morgan fingerprint density at radius 2 is 1.69 bits per heavy atom. The molecule has 2 heterocycles. The fourth-order valence-electron chi connectivity index (χ4n) is 3.24. The highest BCUT2D eigenvalue weighted by Crippen LogP contribution is 2.22. The molecule has 0 saturated heterocycles. The number of rotatable bonds is 4. The number of anilines is 1. The van der Waals surface area contributed by atoms with Gasteiger partial charge in [-0.05, 0) is 67.4 Å². The first-order valence-electron chi connectivity index (χ1n) is 9.23. The van der Waals surface area contributed by atoms with Crippen LogP contribution in [0.25, 0.3) is 11.4 Å². The van der Waals surface area contributed by atoms with Crippen molar-refractivity contribution in [3.63, 3.8) is 0 Å². The van der Waals surface area contributed by atoms with Crippen molar-refractivity contribution in [1.82, 2.24) is 30.0 Å². The summed E-state index contributed by atoms with van der Waals surface area (Å²) in [6.07, 6.45) is 1.59. The Bertz CT molecular complexity index is 1210. The van der Waals surface area contributed by atoms with Crippen LogP contribution >= 0.6 is 0 Å². The molecule has 0 spiro atoms. The van der Waals surface area contributed by atoms with Crippen LogP contribution in [0, 0.1) is 27.7 Å². The van der Waals surface area contributed by atoms with Crippen molar-refractivity contribution >= 4 is 11.6 Å². The maximum absolute atomic E-state index is 12.9. The molecular weight excluding hydrogens is 366 g/mol. The van der Waals surface area contributed by atoms with Crippen molar-refractivity contribution in [3.05, 3.63) is 76.9 Å². The number of hydrogen-bond acceptors (Lipinski definition) is 5. The zero-order valence-corrected chi connectivity index (χ0v) is 16.7. The van der Waals surface area contributed by atoms with Crippen LogP contribution < -0.4 is 5.32 Å². The first kappa shape index (κ1) is 18.5. The number of nitrogens with one attached hydrogen (secondary N) is 1. The van der Waals surface area contributed by atoms with Gasteiger partial charge in [0.2, 0.25) is 0 Å². The highest BCUT2D eigenvalue weighted by molar-refractivity contribution is 6.05. The van der Waals surface area contributed by atoms with Gasteiger partial charge in [-0.15, -0.1) is 5.10 Å². The largest absolute Gasteiger partial charge is 0.322 e. The molecule has 0 aliphatic carbocycles. The van der Waals surface area contributed by atoms with E-state index in [-0.39, 0.29) is 5.91 Å². The lowest BCUT2D eigenvalue weighted by molar-refractivity contribution is 0.102. The van der Waals surface area contributed by atoms with E-state index in [2.05, 4.69) is 25.9 Å². The lowest BCUT2D eigenvalue weighted by atomic mass is 10.1. The molecule has 1 amide bonds. The van der Waals surface area contributed by atoms with Crippen LogP contribution in [0.5, 0.6) is 0 Å². The fourth-order valence-corrected chi connectivity index (χ4v) is 3.24. The van der Waals surface area contributed by atoms with E-state index in [1.165, 1.54) is 0 Å². The van der Waals surface area contributed by atoms with Crippen LogP contribution in [-0.4, -0.2) is 35.9 Å². The zero-order valence-electron chi connectivity index (χ0n) is 16.7. The van der Waals surface area contributed by atoms with Gasteiger partial charge in [0, 0.05) is 5.69 Å². The molecule has 0 saturated carbocycles. The van der Waals surface area contributed by atoms with E-state index >= 15 is 0 Å². The Balaban J connectivity index is 1.63. The van der Waals surface area contributed by atoms with E-state index in [0.717, 1.165) is 28.2 Å². The fraction of sp³-hybridized carbons (Fsp3) is 0.190. The predicted molar refractivity (Wildman–Crippen MR) is 110 cm³/mol. The van der Waals surface area contributed by atoms with Crippen LogP contribution in [0.4, 0.5) is 5.69 Å². The molecule has 0 radical (unpaired) electrons. The number of amides is 1. The molecule has 0 aliphatic heterocycles. The molecule has 0 atom stereocenters. The standard InChI is InChI=1S/C21H21N7O/c1-13-7-5-6-8-19(13)27-15(3)18(12-22-27)21(29)23-17-10-9-14(2)20(11-17)28-16(4)24-25-26-28/h5-12H,1-4H3,(H,23,29). The van der Waals surface area contributed by atoms with E-state index in [1.807, 2.05) is 70.2 Å². The van der Waals surface area contributed by atoms with Crippen molar-refractivity contribution in [2.24, 2.45) is 0 Å². The Labute approximate surface area is 168 Å². The molecule has 0 aliphatic rings. The van der Waals surface area contributed by atoms with Crippen molar-refractivity contribution in [1.29, 1.82) is 0 Å². The van der Waals surface area contributed by atoms with Crippen LogP contribution in [0.3, 0.4) is 0 Å². The van der Waals surface area contributed by atoms with E-state index in [1.54, 1.807) is 15.6 Å². The SMILES string of the molecule is Cc1ccc(NC(=O)c2cnn(-c3ccccc3C)c2C)cc1-n1nnnc1C. The molecule has 8 nitrogen and oxygen atoms in total. The number of tetrazole rings is 1. The quantitative estimate of drug-likeness (QED) is 0.580. The summed E-state index contributed by atoms with van der Waals surface area (Å²) in [4.78, 5) is 12.9. The molecular formula is C21H21N7O. The molecule has 0 bridgehead atoms. The third kappa shape index (κ3) is 3.40. The van der Waals surface area contributed by atoms with Crippen LogP contribution in [-0.2, 0) is 0 Å². The van der Waals surface area contributed by atoms with Gasteiger partial charge in [0.05, 0.1) is 28.8 Å². The minimum atomic E-state index is -0.217. The van der Waals surface area contributed by atoms with E-state index in [4.69, 9.17) is 0 Å². The first-order valence-corrected chi connectivity index (χ1v) is 9.23. The minimum Gasteiger partial charge on any atom is -0.322 e. The summed E-state index contributed by atoms with van der Waals surface area (Å²) >= 11 is 0. The minimum absolute atomic E-state index is 0.217. The number of nitrogens with zero attached hydrogens (tertiary/aromatic N) is 6. The number of hydrogen-bond donors (Lipinski definition) is 1. The maximum atomic E-state index is 12.9. The van der Waals surface area contributed by atoms with Crippen molar-refractivity contribution in [2.75, 3.05) is 5.32 Å². The Kier molecular flexibility index (Phi) is 4.67. The highest BCUT2D eigenvalue weighted by Gasteiger charge is 2.17. The monoisotopic (exact) mass is 387 g/mol. The van der Waals surface area contributed by atoms with E-state index in [9.17, 15) is 4.79 Å². The Morgan fingerprint density at radius 1 is 0.931 bits per heavy atom. The topological polar surface area (TPSA) is 90.5 Å². The molecule has 29 heavy (non-hydrogen) atoms. The highest BCUT2D eigenvalue weighted by atomic mass is 16.1. The van der Waals surface area contributed by atoms with Gasteiger partial charge in [-0.1, -0.05) is 24.3 Å². The number of aromatic nitrogens is 6. The lowest BCUT2D eigenvalue weighted by Crippen LogP contribution is -2.14. The average Bonchev–Trinajstić information content (AvgIpc) is 3.29. The third-order valence-electron chi connectivity index (χ3n) is 4.92. The Hall–Kier alpha value is -3.81. The van der Waals surface area contributed by atoms with Gasteiger partial charge >= 0.3 is 0 Å². The van der Waals surface area contributed by atoms with Gasteiger partial charge < -0.3 is 5.32 Å². The van der Waals surface area contributed by atoms with Crippen molar-refractivity contribution in [2.45, 2.75) is 27.7 Å². The third-order valence-corrected chi connectivity index (χ3v) is 4.92. The molecule has 1 N–H and O–H groups in total. The van der Waals surface area contributed by atoms with Gasteiger partial charge in [0.15, 0.2) is 5.82 Å². The second-order valence-electron chi connectivity index (χ2n) is 6.94. The number of aryl methyl sites for hydroxylation is 3. The van der Waals surface area contributed by atoms with Gasteiger partial charge in [0.25, 0.3) is 5.91 Å². The summed E-state index contributed by atoms with van der Waals surface area (Å²) in [7, 11) is 0. The molecule has 2 aromatic heterocycles. The van der Waals surface area contributed by atoms with Gasteiger partial charge in [-0.2, -0.15) is 9.78 Å². The van der Waals surface area contributed by atoms with Gasteiger partial charge in [0.1, 0.15) is 0 Å². The summed E-state index contributed by atoms with van der Waals surface area (Å²) in [6.45, 7) is 7.71. The van der Waals surface area contributed by atoms with Crippen LogP contribution in [0.1, 0.15) is 33.0 Å². The second kappa shape index (κ2) is 7.31. The number of para-hydroxylation sites is 1. The summed E-state index contributed by atoms with van der Waals surface area (Å²) < 4.78 is 3.43. The molecule has 8 heteroatoms. The number of carbonyl (C=O) groups excluding carboxylic acids is 1. The van der Waals surface area contributed by atoms with Crippen molar-refractivity contribution in [3.8, 4) is 11.4 Å². The normalized spacial score (nSPS) is 10.9. The molecule has 0 fully saturated rings. The predicted octanol–water partition coefficient (Wildman–Crippen LogP) is 3.33. The smallest absolute Gasteiger partial charge is 0.259 e. The first-order chi connectivity index (χ1) is 14.0. The summed E-state index contributed by atoms with van der Waals surface area (Å²) in [5, 5.41) is 19.0. The molecule has 2 aromatic carbocycles. The van der Waals surface area contributed by atoms with Crippen LogP contribution in [0.2, 0.25) is 0 Å². The molecule has 4 aromatic rings. The van der Waals surface area contributed by atoms with Gasteiger partial charge in [-0.3, -0.25) is 4.79 Å². The zero-order chi connectivity index (χ0) is 20.5. The van der Waals surface area contributed by atoms with Gasteiger partial charge in [-0.25, -0.2) is 4.68 Å². The molecule has 146 valence electrons. The van der Waals surface area contributed by atoms with E-state index in [0.29, 0.717) is 17.1 Å². The number of carbonyl (C=O) groups is 1. The van der Waals surface area contributed by atoms with E-state index < -0.39 is 0 Å². The lowest BCUT2D eigenvalue weighted by Gasteiger charge is -2.11. The average molecular weight is 387 g/mol. The molecule has 0 unspecified atom stereocenters. The summed E-state index contributed by atoms with van der Waals surface area (Å²) in [5.74, 6) is 0.456. The number of benzene rings is 2.